The Labute approximate surface area is 149 Å². The average molecular weight is 353 g/mol. The van der Waals surface area contributed by atoms with Crippen molar-refractivity contribution in [1.29, 1.82) is 0 Å². The van der Waals surface area contributed by atoms with Crippen molar-refractivity contribution >= 4 is 39.6 Å². The molecule has 0 amide bonds. The molecule has 3 heterocycles. The van der Waals surface area contributed by atoms with Gasteiger partial charge >= 0.3 is 0 Å². The highest BCUT2D eigenvalue weighted by atomic mass is 32.1. The zero-order chi connectivity index (χ0) is 17.4. The molecule has 3 aromatic heterocycles. The Bertz CT molecular complexity index is 1040. The fraction of sp³-hybridized carbons (Fsp3) is 0.353. The number of fused-ring (bicyclic) bond motifs is 2. The number of hydrogen-bond donors (Lipinski definition) is 0. The summed E-state index contributed by atoms with van der Waals surface area (Å²) in [6.45, 7) is 2.87. The highest BCUT2D eigenvalue weighted by Gasteiger charge is 2.15. The van der Waals surface area contributed by atoms with E-state index in [1.165, 1.54) is 17.3 Å². The predicted octanol–water partition coefficient (Wildman–Crippen LogP) is 2.96. The standard InChI is InChI=1S/C17H19N7S/c1-4-5-15-19-16(12-9-18-24(3)17(12)20-15)23(2)10-11-6-7-13-14(8-11)22-25-21-13/h6-9H,4-5,10H2,1-3H3. The number of benzene rings is 1. The molecular formula is C17H19N7S. The van der Waals surface area contributed by atoms with Gasteiger partial charge in [0.2, 0.25) is 0 Å². The van der Waals surface area contributed by atoms with Crippen LogP contribution in [0.25, 0.3) is 22.1 Å². The maximum atomic E-state index is 4.79. The van der Waals surface area contributed by atoms with E-state index < -0.39 is 0 Å². The lowest BCUT2D eigenvalue weighted by Crippen LogP contribution is -2.19. The summed E-state index contributed by atoms with van der Waals surface area (Å²) in [5.41, 5.74) is 3.94. The van der Waals surface area contributed by atoms with Gasteiger partial charge in [-0.3, -0.25) is 4.68 Å². The normalized spacial score (nSPS) is 11.5. The first kappa shape index (κ1) is 15.9. The summed E-state index contributed by atoms with van der Waals surface area (Å²) < 4.78 is 10.4. The van der Waals surface area contributed by atoms with Gasteiger partial charge in [0.05, 0.1) is 23.3 Å². The van der Waals surface area contributed by atoms with Crippen LogP contribution in [0, 0.1) is 0 Å². The summed E-state index contributed by atoms with van der Waals surface area (Å²) >= 11 is 1.24. The molecule has 0 atom stereocenters. The van der Waals surface area contributed by atoms with Gasteiger partial charge in [-0.15, -0.1) is 0 Å². The van der Waals surface area contributed by atoms with Gasteiger partial charge in [0.25, 0.3) is 0 Å². The number of anilines is 1. The molecule has 1 aromatic carbocycles. The van der Waals surface area contributed by atoms with Gasteiger partial charge in [0.15, 0.2) is 5.65 Å². The monoisotopic (exact) mass is 353 g/mol. The van der Waals surface area contributed by atoms with Crippen LogP contribution in [-0.4, -0.2) is 35.5 Å². The van der Waals surface area contributed by atoms with Gasteiger partial charge in [0.1, 0.15) is 22.7 Å². The average Bonchev–Trinajstić information content (AvgIpc) is 3.21. The van der Waals surface area contributed by atoms with Crippen molar-refractivity contribution in [1.82, 2.24) is 28.5 Å². The van der Waals surface area contributed by atoms with Crippen molar-refractivity contribution in [2.75, 3.05) is 11.9 Å². The van der Waals surface area contributed by atoms with Gasteiger partial charge in [-0.05, 0) is 24.1 Å². The Morgan fingerprint density at radius 1 is 1.16 bits per heavy atom. The first-order chi connectivity index (χ1) is 12.2. The third kappa shape index (κ3) is 2.93. The second-order valence-corrected chi connectivity index (χ2v) is 6.69. The molecule has 8 heteroatoms. The predicted molar refractivity (Wildman–Crippen MR) is 99.8 cm³/mol. The fourth-order valence-electron chi connectivity index (χ4n) is 2.95. The molecule has 25 heavy (non-hydrogen) atoms. The molecule has 7 nitrogen and oxygen atoms in total. The minimum atomic E-state index is 0.736. The highest BCUT2D eigenvalue weighted by molar-refractivity contribution is 7.00. The van der Waals surface area contributed by atoms with E-state index in [4.69, 9.17) is 4.98 Å². The van der Waals surface area contributed by atoms with Crippen LogP contribution in [0.3, 0.4) is 0 Å². The van der Waals surface area contributed by atoms with Gasteiger partial charge < -0.3 is 4.90 Å². The molecule has 0 radical (unpaired) electrons. The van der Waals surface area contributed by atoms with Gasteiger partial charge in [-0.25, -0.2) is 9.97 Å². The minimum Gasteiger partial charge on any atom is -0.355 e. The van der Waals surface area contributed by atoms with Crippen molar-refractivity contribution in [3.8, 4) is 0 Å². The first-order valence-corrected chi connectivity index (χ1v) is 8.99. The summed E-state index contributed by atoms with van der Waals surface area (Å²) in [5.74, 6) is 1.78. The molecule has 0 unspecified atom stereocenters. The van der Waals surface area contributed by atoms with Crippen LogP contribution in [0.1, 0.15) is 24.7 Å². The van der Waals surface area contributed by atoms with Crippen molar-refractivity contribution in [3.05, 3.63) is 35.8 Å². The van der Waals surface area contributed by atoms with E-state index in [2.05, 4.69) is 42.8 Å². The smallest absolute Gasteiger partial charge is 0.163 e. The van der Waals surface area contributed by atoms with Crippen LogP contribution in [0.2, 0.25) is 0 Å². The highest BCUT2D eigenvalue weighted by Crippen LogP contribution is 2.25. The quantitative estimate of drug-likeness (QED) is 0.549. The first-order valence-electron chi connectivity index (χ1n) is 8.26. The Kier molecular flexibility index (Phi) is 4.04. The number of aryl methyl sites for hydroxylation is 2. The van der Waals surface area contributed by atoms with E-state index in [1.807, 2.05) is 26.4 Å². The largest absolute Gasteiger partial charge is 0.355 e. The molecule has 0 bridgehead atoms. The molecule has 0 N–H and O–H groups in total. The van der Waals surface area contributed by atoms with Crippen molar-refractivity contribution in [2.24, 2.45) is 7.05 Å². The molecule has 4 aromatic rings. The lowest BCUT2D eigenvalue weighted by Gasteiger charge is -2.19. The number of aromatic nitrogens is 6. The number of hydrogen-bond acceptors (Lipinski definition) is 7. The topological polar surface area (TPSA) is 72.6 Å². The molecule has 0 aliphatic rings. The minimum absolute atomic E-state index is 0.736. The Balaban J connectivity index is 1.71. The van der Waals surface area contributed by atoms with Gasteiger partial charge in [0, 0.05) is 27.1 Å². The van der Waals surface area contributed by atoms with E-state index in [0.717, 1.165) is 53.1 Å². The molecular weight excluding hydrogens is 334 g/mol. The van der Waals surface area contributed by atoms with Gasteiger partial charge in [-0.2, -0.15) is 13.8 Å². The van der Waals surface area contributed by atoms with Crippen LogP contribution in [0.15, 0.2) is 24.4 Å². The van der Waals surface area contributed by atoms with Crippen molar-refractivity contribution in [3.63, 3.8) is 0 Å². The second-order valence-electron chi connectivity index (χ2n) is 6.16. The summed E-state index contributed by atoms with van der Waals surface area (Å²) in [7, 11) is 3.96. The Morgan fingerprint density at radius 2 is 2.00 bits per heavy atom. The second kappa shape index (κ2) is 6.36. The van der Waals surface area contributed by atoms with Crippen LogP contribution < -0.4 is 4.90 Å². The molecule has 4 rings (SSSR count). The third-order valence-corrected chi connectivity index (χ3v) is 4.75. The summed E-state index contributed by atoms with van der Waals surface area (Å²) in [6.07, 6.45) is 3.71. The summed E-state index contributed by atoms with van der Waals surface area (Å²) in [5, 5.41) is 5.33. The molecule has 0 saturated heterocycles. The van der Waals surface area contributed by atoms with E-state index in [0.29, 0.717) is 0 Å². The lowest BCUT2D eigenvalue weighted by molar-refractivity contribution is 0.769. The van der Waals surface area contributed by atoms with Crippen molar-refractivity contribution < 1.29 is 0 Å². The maximum absolute atomic E-state index is 4.79. The molecule has 0 aliphatic heterocycles. The maximum Gasteiger partial charge on any atom is 0.163 e. The zero-order valence-corrected chi connectivity index (χ0v) is 15.3. The molecule has 0 aliphatic carbocycles. The third-order valence-electron chi connectivity index (χ3n) is 4.19. The number of nitrogens with zero attached hydrogens (tertiary/aromatic N) is 7. The van der Waals surface area contributed by atoms with E-state index >= 15 is 0 Å². The Morgan fingerprint density at radius 3 is 2.84 bits per heavy atom. The van der Waals surface area contributed by atoms with E-state index in [9.17, 15) is 0 Å². The van der Waals surface area contributed by atoms with E-state index in [-0.39, 0.29) is 0 Å². The summed E-state index contributed by atoms with van der Waals surface area (Å²) in [6, 6.07) is 6.20. The van der Waals surface area contributed by atoms with Crippen LogP contribution in [-0.2, 0) is 20.0 Å². The van der Waals surface area contributed by atoms with E-state index in [1.54, 1.807) is 4.68 Å². The zero-order valence-electron chi connectivity index (χ0n) is 14.5. The molecule has 128 valence electrons. The molecule has 0 fully saturated rings. The van der Waals surface area contributed by atoms with Gasteiger partial charge in [-0.1, -0.05) is 13.0 Å². The van der Waals surface area contributed by atoms with Crippen LogP contribution in [0.5, 0.6) is 0 Å². The van der Waals surface area contributed by atoms with Crippen molar-refractivity contribution in [2.45, 2.75) is 26.3 Å². The van der Waals surface area contributed by atoms with Crippen LogP contribution in [0.4, 0.5) is 5.82 Å². The molecule has 0 spiro atoms. The van der Waals surface area contributed by atoms with Crippen LogP contribution >= 0.6 is 11.7 Å². The molecule has 0 saturated carbocycles. The fourth-order valence-corrected chi connectivity index (χ4v) is 3.47. The SMILES string of the molecule is CCCc1nc(N(C)Cc2ccc3nsnc3c2)c2cnn(C)c2n1. The lowest BCUT2D eigenvalue weighted by atomic mass is 10.2. The Hall–Kier alpha value is -2.61. The summed E-state index contributed by atoms with van der Waals surface area (Å²) in [4.78, 5) is 11.6. The number of rotatable bonds is 5.